The monoisotopic (exact) mass is 360 g/mol. The molecule has 0 radical (unpaired) electrons. The molecule has 1 aromatic rings. The molecule has 4 amide bonds. The summed E-state index contributed by atoms with van der Waals surface area (Å²) in [6.45, 7) is 4.08. The molecule has 1 aliphatic carbocycles. The lowest BCUT2D eigenvalue weighted by Gasteiger charge is -2.23. The number of carbonyl (C=O) groups excluding carboxylic acids is 3. The SMILES string of the molecule is CCNC(=O)NC(=O)CNc1ccc(C(=O)NC2CCCCC2)cc1C. The first-order chi connectivity index (χ1) is 12.5. The average molecular weight is 360 g/mol. The van der Waals surface area contributed by atoms with Crippen molar-refractivity contribution in [2.24, 2.45) is 0 Å². The molecule has 0 unspecified atom stereocenters. The highest BCUT2D eigenvalue weighted by atomic mass is 16.2. The van der Waals surface area contributed by atoms with E-state index in [9.17, 15) is 14.4 Å². The molecule has 0 aliphatic heterocycles. The number of imide groups is 1. The number of aryl methyl sites for hydroxylation is 1. The van der Waals surface area contributed by atoms with Crippen molar-refractivity contribution < 1.29 is 14.4 Å². The maximum Gasteiger partial charge on any atom is 0.321 e. The van der Waals surface area contributed by atoms with E-state index in [-0.39, 0.29) is 18.5 Å². The van der Waals surface area contributed by atoms with Gasteiger partial charge in [-0.1, -0.05) is 19.3 Å². The number of amides is 4. The third-order valence-corrected chi connectivity index (χ3v) is 4.46. The van der Waals surface area contributed by atoms with Gasteiger partial charge in [0.05, 0.1) is 6.54 Å². The smallest absolute Gasteiger partial charge is 0.321 e. The molecular weight excluding hydrogens is 332 g/mol. The Morgan fingerprint density at radius 2 is 1.85 bits per heavy atom. The minimum Gasteiger partial charge on any atom is -0.376 e. The number of hydrogen-bond acceptors (Lipinski definition) is 4. The molecule has 0 heterocycles. The highest BCUT2D eigenvalue weighted by molar-refractivity contribution is 5.97. The predicted molar refractivity (Wildman–Crippen MR) is 101 cm³/mol. The number of nitrogens with one attached hydrogen (secondary N) is 4. The van der Waals surface area contributed by atoms with Crippen LogP contribution in [0.25, 0.3) is 0 Å². The maximum absolute atomic E-state index is 12.4. The molecule has 0 spiro atoms. The van der Waals surface area contributed by atoms with E-state index in [1.54, 1.807) is 19.1 Å². The molecule has 7 nitrogen and oxygen atoms in total. The van der Waals surface area contributed by atoms with Crippen molar-refractivity contribution in [3.05, 3.63) is 29.3 Å². The second-order valence-corrected chi connectivity index (χ2v) is 6.60. The summed E-state index contributed by atoms with van der Waals surface area (Å²) in [4.78, 5) is 35.4. The molecule has 0 aromatic heterocycles. The topological polar surface area (TPSA) is 99.3 Å². The lowest BCUT2D eigenvalue weighted by Crippen LogP contribution is -2.41. The van der Waals surface area contributed by atoms with Crippen LogP contribution in [0.4, 0.5) is 10.5 Å². The first kappa shape index (κ1) is 19.8. The molecule has 4 N–H and O–H groups in total. The van der Waals surface area contributed by atoms with Crippen LogP contribution in [-0.2, 0) is 4.79 Å². The Morgan fingerprint density at radius 1 is 1.12 bits per heavy atom. The Hall–Kier alpha value is -2.57. The molecule has 142 valence electrons. The van der Waals surface area contributed by atoms with Gasteiger partial charge in [0.15, 0.2) is 0 Å². The Kier molecular flexibility index (Phi) is 7.44. The minimum absolute atomic E-state index is 0.0222. The lowest BCUT2D eigenvalue weighted by atomic mass is 9.95. The second kappa shape index (κ2) is 9.79. The van der Waals surface area contributed by atoms with Gasteiger partial charge in [0.1, 0.15) is 0 Å². The third kappa shape index (κ3) is 6.06. The molecule has 1 aliphatic rings. The van der Waals surface area contributed by atoms with Crippen molar-refractivity contribution in [2.75, 3.05) is 18.4 Å². The van der Waals surface area contributed by atoms with Crippen LogP contribution in [0, 0.1) is 6.92 Å². The summed E-state index contributed by atoms with van der Waals surface area (Å²) in [6.07, 6.45) is 5.69. The Morgan fingerprint density at radius 3 is 2.50 bits per heavy atom. The summed E-state index contributed by atoms with van der Waals surface area (Å²) in [7, 11) is 0. The van der Waals surface area contributed by atoms with Gasteiger partial charge in [0, 0.05) is 23.8 Å². The number of urea groups is 1. The van der Waals surface area contributed by atoms with E-state index in [0.29, 0.717) is 12.1 Å². The van der Waals surface area contributed by atoms with Gasteiger partial charge in [-0.3, -0.25) is 14.9 Å². The molecule has 2 rings (SSSR count). The highest BCUT2D eigenvalue weighted by Crippen LogP contribution is 2.19. The fourth-order valence-electron chi connectivity index (χ4n) is 3.07. The van der Waals surface area contributed by atoms with E-state index in [2.05, 4.69) is 21.3 Å². The van der Waals surface area contributed by atoms with Crippen molar-refractivity contribution in [3.63, 3.8) is 0 Å². The standard InChI is InChI=1S/C19H28N4O3/c1-3-20-19(26)23-17(24)12-21-16-10-9-14(11-13(16)2)18(25)22-15-7-5-4-6-8-15/h9-11,15,21H,3-8,12H2,1-2H3,(H,22,25)(H2,20,23,24,26). The van der Waals surface area contributed by atoms with Gasteiger partial charge in [-0.25, -0.2) is 4.79 Å². The zero-order chi connectivity index (χ0) is 18.9. The number of benzene rings is 1. The Balaban J connectivity index is 1.87. The molecule has 7 heteroatoms. The van der Waals surface area contributed by atoms with Crippen molar-refractivity contribution in [2.45, 2.75) is 52.0 Å². The van der Waals surface area contributed by atoms with Crippen molar-refractivity contribution >= 4 is 23.5 Å². The zero-order valence-corrected chi connectivity index (χ0v) is 15.5. The van der Waals surface area contributed by atoms with E-state index in [4.69, 9.17) is 0 Å². The number of rotatable bonds is 6. The lowest BCUT2D eigenvalue weighted by molar-refractivity contribution is -0.118. The van der Waals surface area contributed by atoms with Crippen LogP contribution in [-0.4, -0.2) is 37.0 Å². The Bertz CT molecular complexity index is 654. The minimum atomic E-state index is -0.509. The van der Waals surface area contributed by atoms with Crippen LogP contribution < -0.4 is 21.3 Å². The molecule has 0 bridgehead atoms. The summed E-state index contributed by atoms with van der Waals surface area (Å²) in [5.41, 5.74) is 2.24. The summed E-state index contributed by atoms with van der Waals surface area (Å²) in [6, 6.07) is 5.10. The summed E-state index contributed by atoms with van der Waals surface area (Å²) in [5, 5.41) is 10.8. The van der Waals surface area contributed by atoms with E-state index >= 15 is 0 Å². The van der Waals surface area contributed by atoms with Crippen LogP contribution in [0.1, 0.15) is 54.9 Å². The van der Waals surface area contributed by atoms with Gasteiger partial charge in [0.25, 0.3) is 5.91 Å². The van der Waals surface area contributed by atoms with Gasteiger partial charge >= 0.3 is 6.03 Å². The van der Waals surface area contributed by atoms with Crippen LogP contribution in [0.3, 0.4) is 0 Å². The first-order valence-electron chi connectivity index (χ1n) is 9.22. The molecule has 0 atom stereocenters. The summed E-state index contributed by atoms with van der Waals surface area (Å²) >= 11 is 0. The normalized spacial score (nSPS) is 14.4. The summed E-state index contributed by atoms with van der Waals surface area (Å²) < 4.78 is 0. The highest BCUT2D eigenvalue weighted by Gasteiger charge is 2.17. The van der Waals surface area contributed by atoms with Gasteiger partial charge in [-0.2, -0.15) is 0 Å². The zero-order valence-electron chi connectivity index (χ0n) is 15.5. The van der Waals surface area contributed by atoms with Crippen LogP contribution in [0.2, 0.25) is 0 Å². The summed E-state index contributed by atoms with van der Waals surface area (Å²) in [5.74, 6) is -0.477. The average Bonchev–Trinajstić information content (AvgIpc) is 2.61. The third-order valence-electron chi connectivity index (χ3n) is 4.46. The molecule has 1 saturated carbocycles. The van der Waals surface area contributed by atoms with Crippen LogP contribution in [0.15, 0.2) is 18.2 Å². The van der Waals surface area contributed by atoms with E-state index < -0.39 is 11.9 Å². The number of hydrogen-bond donors (Lipinski definition) is 4. The Labute approximate surface area is 154 Å². The van der Waals surface area contributed by atoms with Gasteiger partial charge in [-0.15, -0.1) is 0 Å². The quantitative estimate of drug-likeness (QED) is 0.625. The van der Waals surface area contributed by atoms with E-state index in [1.807, 2.05) is 13.0 Å². The van der Waals surface area contributed by atoms with Crippen molar-refractivity contribution in [1.29, 1.82) is 0 Å². The molecule has 1 fully saturated rings. The van der Waals surface area contributed by atoms with Crippen molar-refractivity contribution in [1.82, 2.24) is 16.0 Å². The fraction of sp³-hybridized carbons (Fsp3) is 0.526. The van der Waals surface area contributed by atoms with Gasteiger partial charge < -0.3 is 16.0 Å². The van der Waals surface area contributed by atoms with Crippen LogP contribution >= 0.6 is 0 Å². The predicted octanol–water partition coefficient (Wildman–Crippen LogP) is 2.32. The molecule has 0 saturated heterocycles. The largest absolute Gasteiger partial charge is 0.376 e. The van der Waals surface area contributed by atoms with Crippen molar-refractivity contribution in [3.8, 4) is 0 Å². The molecular formula is C19H28N4O3. The van der Waals surface area contributed by atoms with Gasteiger partial charge in [0.2, 0.25) is 5.91 Å². The van der Waals surface area contributed by atoms with E-state index in [0.717, 1.165) is 24.1 Å². The van der Waals surface area contributed by atoms with Crippen LogP contribution in [0.5, 0.6) is 0 Å². The fourth-order valence-corrected chi connectivity index (χ4v) is 3.07. The molecule has 26 heavy (non-hydrogen) atoms. The number of carbonyl (C=O) groups is 3. The van der Waals surface area contributed by atoms with E-state index in [1.165, 1.54) is 19.3 Å². The second-order valence-electron chi connectivity index (χ2n) is 6.60. The van der Waals surface area contributed by atoms with Gasteiger partial charge in [-0.05, 0) is 50.5 Å². The number of anilines is 1. The maximum atomic E-state index is 12.4. The molecule has 1 aromatic carbocycles. The first-order valence-corrected chi connectivity index (χ1v) is 9.22.